The first-order valence-electron chi connectivity index (χ1n) is 5.72. The van der Waals surface area contributed by atoms with Crippen LogP contribution in [-0.4, -0.2) is 49.4 Å². The molecule has 18 heavy (non-hydrogen) atoms. The van der Waals surface area contributed by atoms with Gasteiger partial charge in [-0.1, -0.05) is 20.8 Å². The van der Waals surface area contributed by atoms with Gasteiger partial charge in [-0.3, -0.25) is 14.4 Å². The van der Waals surface area contributed by atoms with Gasteiger partial charge in [0.1, 0.15) is 12.6 Å². The predicted molar refractivity (Wildman–Crippen MR) is 66.7 cm³/mol. The van der Waals surface area contributed by atoms with E-state index in [1.165, 1.54) is 19.1 Å². The van der Waals surface area contributed by atoms with Gasteiger partial charge in [-0.25, -0.2) is 0 Å². The first-order chi connectivity index (χ1) is 8.09. The van der Waals surface area contributed by atoms with E-state index < -0.39 is 17.4 Å². The van der Waals surface area contributed by atoms with Crippen molar-refractivity contribution in [1.29, 1.82) is 0 Å². The van der Waals surface area contributed by atoms with Crippen molar-refractivity contribution in [3.05, 3.63) is 0 Å². The van der Waals surface area contributed by atoms with Gasteiger partial charge in [0.05, 0.1) is 7.11 Å². The molecule has 6 nitrogen and oxygen atoms in total. The van der Waals surface area contributed by atoms with E-state index in [0.717, 1.165) is 0 Å². The molecule has 1 atom stereocenters. The molecule has 0 aliphatic heterocycles. The fourth-order valence-electron chi connectivity index (χ4n) is 1.14. The molecule has 0 spiro atoms. The third kappa shape index (κ3) is 5.16. The number of hydrogen-bond donors (Lipinski definition) is 1. The van der Waals surface area contributed by atoms with Gasteiger partial charge >= 0.3 is 5.97 Å². The summed E-state index contributed by atoms with van der Waals surface area (Å²) < 4.78 is 4.47. The number of likely N-dealkylation sites (N-methyl/N-ethyl adjacent to an activating group) is 1. The number of nitrogens with zero attached hydrogens (tertiary/aromatic N) is 1. The number of carbonyl (C=O) groups excluding carboxylic acids is 3. The van der Waals surface area contributed by atoms with E-state index in [1.54, 1.807) is 27.7 Å². The highest BCUT2D eigenvalue weighted by molar-refractivity contribution is 5.90. The average molecular weight is 258 g/mol. The molecule has 0 aromatic carbocycles. The topological polar surface area (TPSA) is 75.7 Å². The van der Waals surface area contributed by atoms with Crippen LogP contribution in [0.2, 0.25) is 0 Å². The van der Waals surface area contributed by atoms with Gasteiger partial charge in [-0.05, 0) is 6.92 Å². The lowest BCUT2D eigenvalue weighted by atomic mass is 9.95. The van der Waals surface area contributed by atoms with Crippen LogP contribution in [0.1, 0.15) is 27.7 Å². The summed E-state index contributed by atoms with van der Waals surface area (Å²) in [4.78, 5) is 35.8. The van der Waals surface area contributed by atoms with E-state index >= 15 is 0 Å². The maximum Gasteiger partial charge on any atom is 0.325 e. The summed E-state index contributed by atoms with van der Waals surface area (Å²) in [6.45, 7) is 6.73. The number of ether oxygens (including phenoxy) is 1. The van der Waals surface area contributed by atoms with Crippen LogP contribution >= 0.6 is 0 Å². The summed E-state index contributed by atoms with van der Waals surface area (Å²) in [5.74, 6) is -1.05. The molecule has 0 aliphatic carbocycles. The minimum Gasteiger partial charge on any atom is -0.468 e. The summed E-state index contributed by atoms with van der Waals surface area (Å²) in [5.41, 5.74) is -0.560. The SMILES string of the molecule is COC(=O)CN(C)C(=O)C(C)NC(=O)C(C)(C)C. The second kappa shape index (κ2) is 6.37. The van der Waals surface area contributed by atoms with Gasteiger partial charge in [0.2, 0.25) is 11.8 Å². The zero-order chi connectivity index (χ0) is 14.5. The van der Waals surface area contributed by atoms with Crippen LogP contribution in [0.25, 0.3) is 0 Å². The summed E-state index contributed by atoms with van der Waals surface area (Å²) >= 11 is 0. The monoisotopic (exact) mass is 258 g/mol. The van der Waals surface area contributed by atoms with Crippen LogP contribution in [0.15, 0.2) is 0 Å². The van der Waals surface area contributed by atoms with E-state index in [9.17, 15) is 14.4 Å². The van der Waals surface area contributed by atoms with E-state index in [2.05, 4.69) is 10.1 Å². The highest BCUT2D eigenvalue weighted by Gasteiger charge is 2.26. The Morgan fingerprint density at radius 1 is 1.28 bits per heavy atom. The summed E-state index contributed by atoms with van der Waals surface area (Å²) in [6, 6.07) is -0.675. The van der Waals surface area contributed by atoms with Gasteiger partial charge in [0, 0.05) is 12.5 Å². The van der Waals surface area contributed by atoms with Crippen molar-refractivity contribution in [3.63, 3.8) is 0 Å². The van der Waals surface area contributed by atoms with Crippen molar-refractivity contribution in [2.24, 2.45) is 5.41 Å². The molecule has 0 aliphatic rings. The molecular weight excluding hydrogens is 236 g/mol. The lowest BCUT2D eigenvalue weighted by molar-refractivity contribution is -0.147. The van der Waals surface area contributed by atoms with Crippen molar-refractivity contribution in [2.45, 2.75) is 33.7 Å². The van der Waals surface area contributed by atoms with Crippen LogP contribution in [-0.2, 0) is 19.1 Å². The molecule has 0 radical (unpaired) electrons. The fraction of sp³-hybridized carbons (Fsp3) is 0.750. The predicted octanol–water partition coefficient (Wildman–Crippen LogP) is 0.169. The minimum atomic E-state index is -0.675. The molecule has 0 aromatic heterocycles. The minimum absolute atomic E-state index is 0.134. The number of amides is 2. The molecule has 0 rings (SSSR count). The largest absolute Gasteiger partial charge is 0.468 e. The van der Waals surface area contributed by atoms with Gasteiger partial charge in [0.15, 0.2) is 0 Å². The maximum absolute atomic E-state index is 11.9. The Morgan fingerprint density at radius 2 is 1.78 bits per heavy atom. The van der Waals surface area contributed by atoms with Crippen molar-refractivity contribution >= 4 is 17.8 Å². The van der Waals surface area contributed by atoms with Crippen molar-refractivity contribution < 1.29 is 19.1 Å². The number of nitrogens with one attached hydrogen (secondary N) is 1. The van der Waals surface area contributed by atoms with Crippen LogP contribution in [0.4, 0.5) is 0 Å². The van der Waals surface area contributed by atoms with Gasteiger partial charge in [0.25, 0.3) is 0 Å². The normalized spacial score (nSPS) is 12.6. The summed E-state index contributed by atoms with van der Waals surface area (Å²) in [6.07, 6.45) is 0. The smallest absolute Gasteiger partial charge is 0.325 e. The van der Waals surface area contributed by atoms with E-state index in [1.807, 2.05) is 0 Å². The highest BCUT2D eigenvalue weighted by atomic mass is 16.5. The van der Waals surface area contributed by atoms with Crippen molar-refractivity contribution in [3.8, 4) is 0 Å². The molecular formula is C12H22N2O4. The van der Waals surface area contributed by atoms with E-state index in [-0.39, 0.29) is 18.4 Å². The lowest BCUT2D eigenvalue weighted by Crippen LogP contribution is -2.49. The molecule has 0 heterocycles. The number of esters is 1. The quantitative estimate of drug-likeness (QED) is 0.729. The summed E-state index contributed by atoms with van der Waals surface area (Å²) in [5, 5.41) is 2.61. The number of rotatable bonds is 4. The Kier molecular flexibility index (Phi) is 5.81. The van der Waals surface area contributed by atoms with Crippen LogP contribution < -0.4 is 5.32 Å². The molecule has 0 saturated heterocycles. The van der Waals surface area contributed by atoms with Gasteiger partial charge < -0.3 is 15.0 Å². The fourth-order valence-corrected chi connectivity index (χ4v) is 1.14. The first kappa shape index (κ1) is 16.4. The number of carbonyl (C=O) groups is 3. The highest BCUT2D eigenvalue weighted by Crippen LogP contribution is 2.13. The van der Waals surface area contributed by atoms with Crippen LogP contribution in [0, 0.1) is 5.41 Å². The van der Waals surface area contributed by atoms with Crippen molar-refractivity contribution in [1.82, 2.24) is 10.2 Å². The average Bonchev–Trinajstić information content (AvgIpc) is 2.26. The Hall–Kier alpha value is -1.59. The third-order valence-electron chi connectivity index (χ3n) is 2.37. The Morgan fingerprint density at radius 3 is 2.17 bits per heavy atom. The molecule has 0 bridgehead atoms. The molecule has 6 heteroatoms. The van der Waals surface area contributed by atoms with Gasteiger partial charge in [-0.15, -0.1) is 0 Å². The standard InChI is InChI=1S/C12H22N2O4/c1-8(13-11(17)12(2,3)4)10(16)14(5)7-9(15)18-6/h8H,7H2,1-6H3,(H,13,17). The second-order valence-electron chi connectivity index (χ2n) is 5.22. The number of methoxy groups -OCH3 is 1. The molecule has 0 saturated carbocycles. The van der Waals surface area contributed by atoms with E-state index in [0.29, 0.717) is 0 Å². The molecule has 0 fully saturated rings. The zero-order valence-electron chi connectivity index (χ0n) is 11.9. The van der Waals surface area contributed by atoms with Crippen LogP contribution in [0.5, 0.6) is 0 Å². The Labute approximate surface area is 108 Å². The lowest BCUT2D eigenvalue weighted by Gasteiger charge is -2.24. The Bertz CT molecular complexity index is 333. The Balaban J connectivity index is 4.43. The summed E-state index contributed by atoms with van der Waals surface area (Å²) in [7, 11) is 2.74. The second-order valence-corrected chi connectivity index (χ2v) is 5.22. The maximum atomic E-state index is 11.9. The third-order valence-corrected chi connectivity index (χ3v) is 2.37. The van der Waals surface area contributed by atoms with E-state index in [4.69, 9.17) is 0 Å². The van der Waals surface area contributed by atoms with Gasteiger partial charge in [-0.2, -0.15) is 0 Å². The molecule has 104 valence electrons. The first-order valence-corrected chi connectivity index (χ1v) is 5.72. The molecule has 0 aromatic rings. The zero-order valence-corrected chi connectivity index (χ0v) is 11.9. The molecule has 1 unspecified atom stereocenters. The van der Waals surface area contributed by atoms with Crippen molar-refractivity contribution in [2.75, 3.05) is 20.7 Å². The number of hydrogen-bond acceptors (Lipinski definition) is 4. The molecule has 1 N–H and O–H groups in total. The molecule has 2 amide bonds. The van der Waals surface area contributed by atoms with Crippen LogP contribution in [0.3, 0.4) is 0 Å².